The first kappa shape index (κ1) is 16.4. The van der Waals surface area contributed by atoms with Crippen LogP contribution >= 0.6 is 15.9 Å². The number of methoxy groups -OCH3 is 1. The van der Waals surface area contributed by atoms with Gasteiger partial charge in [-0.2, -0.15) is 0 Å². The molecule has 4 nitrogen and oxygen atoms in total. The maximum Gasteiger partial charge on any atom is 0.357 e. The van der Waals surface area contributed by atoms with Gasteiger partial charge in [0, 0.05) is 20.9 Å². The molecule has 0 aliphatic carbocycles. The van der Waals surface area contributed by atoms with Crippen molar-refractivity contribution in [3.8, 4) is 0 Å². The minimum Gasteiger partial charge on any atom is -0.464 e. The zero-order chi connectivity index (χ0) is 14.6. The molecular formula is C12H19BrFNO3Si. The fourth-order valence-electron chi connectivity index (χ4n) is 1.44. The highest BCUT2D eigenvalue weighted by Gasteiger charge is 2.22. The van der Waals surface area contributed by atoms with Gasteiger partial charge in [-0.15, -0.1) is 0 Å². The van der Waals surface area contributed by atoms with E-state index >= 15 is 0 Å². The highest BCUT2D eigenvalue weighted by molar-refractivity contribution is 9.10. The summed E-state index contributed by atoms with van der Waals surface area (Å²) in [6, 6.07) is 1.02. The first-order valence-corrected chi connectivity index (χ1v) is 10.5. The number of carbonyl (C=O) groups excluding carboxylic acids is 1. The minimum absolute atomic E-state index is 0.123. The monoisotopic (exact) mass is 351 g/mol. The van der Waals surface area contributed by atoms with Crippen molar-refractivity contribution in [3.05, 3.63) is 22.2 Å². The van der Waals surface area contributed by atoms with Crippen LogP contribution in [0.4, 0.5) is 4.39 Å². The van der Waals surface area contributed by atoms with Gasteiger partial charge in [-0.05, 0) is 22.0 Å². The predicted molar refractivity (Wildman–Crippen MR) is 77.5 cm³/mol. The summed E-state index contributed by atoms with van der Waals surface area (Å²) in [5.41, 5.74) is -0.123. The van der Waals surface area contributed by atoms with Gasteiger partial charge in [0.1, 0.15) is 6.73 Å². The van der Waals surface area contributed by atoms with Crippen molar-refractivity contribution in [2.24, 2.45) is 0 Å². The largest absolute Gasteiger partial charge is 0.464 e. The molecule has 0 unspecified atom stereocenters. The maximum atomic E-state index is 13.7. The molecule has 0 spiro atoms. The molecule has 1 heterocycles. The number of hydrogen-bond donors (Lipinski definition) is 0. The number of rotatable bonds is 6. The average molecular weight is 352 g/mol. The van der Waals surface area contributed by atoms with E-state index in [0.29, 0.717) is 6.61 Å². The number of carbonyl (C=O) groups is 1. The predicted octanol–water partition coefficient (Wildman–Crippen LogP) is 3.49. The second kappa shape index (κ2) is 6.67. The first-order chi connectivity index (χ1) is 8.76. The molecule has 1 aromatic heterocycles. The van der Waals surface area contributed by atoms with Crippen LogP contribution < -0.4 is 0 Å². The van der Waals surface area contributed by atoms with Crippen molar-refractivity contribution in [1.29, 1.82) is 0 Å². The smallest absolute Gasteiger partial charge is 0.357 e. The second-order valence-corrected chi connectivity index (χ2v) is 11.9. The molecule has 0 N–H and O–H groups in total. The number of aromatic nitrogens is 1. The van der Waals surface area contributed by atoms with E-state index in [4.69, 9.17) is 4.74 Å². The van der Waals surface area contributed by atoms with Crippen LogP contribution in [0.15, 0.2) is 10.7 Å². The summed E-state index contributed by atoms with van der Waals surface area (Å²) in [6.07, 6.45) is 1.48. The molecule has 1 aromatic rings. The van der Waals surface area contributed by atoms with Crippen LogP contribution in [0.5, 0.6) is 0 Å². The highest BCUT2D eigenvalue weighted by atomic mass is 79.9. The van der Waals surface area contributed by atoms with Gasteiger partial charge < -0.3 is 14.0 Å². The number of esters is 1. The van der Waals surface area contributed by atoms with E-state index in [0.717, 1.165) is 6.04 Å². The zero-order valence-electron chi connectivity index (χ0n) is 11.6. The van der Waals surface area contributed by atoms with Crippen molar-refractivity contribution in [3.63, 3.8) is 0 Å². The van der Waals surface area contributed by atoms with E-state index in [9.17, 15) is 9.18 Å². The van der Waals surface area contributed by atoms with Crippen LogP contribution in [0.25, 0.3) is 0 Å². The summed E-state index contributed by atoms with van der Waals surface area (Å²) in [5.74, 6) is -1.34. The van der Waals surface area contributed by atoms with E-state index in [1.54, 1.807) is 0 Å². The Kier molecular flexibility index (Phi) is 5.75. The molecule has 0 aliphatic rings. The SMILES string of the molecule is COC(=O)c1c(F)c(Br)cn1COCC[Si](C)(C)C. The van der Waals surface area contributed by atoms with Gasteiger partial charge in [0.25, 0.3) is 0 Å². The number of halogens is 2. The Labute approximate surface area is 122 Å². The fourth-order valence-corrected chi connectivity index (χ4v) is 2.64. The number of nitrogens with zero attached hydrogens (tertiary/aromatic N) is 1. The summed E-state index contributed by atoms with van der Waals surface area (Å²) in [6.45, 7) is 7.50. The first-order valence-electron chi connectivity index (χ1n) is 5.96. The van der Waals surface area contributed by atoms with Crippen LogP contribution in [-0.2, 0) is 16.2 Å². The van der Waals surface area contributed by atoms with E-state index in [-0.39, 0.29) is 16.9 Å². The Morgan fingerprint density at radius 2 is 2.11 bits per heavy atom. The Bertz CT molecular complexity index is 457. The van der Waals surface area contributed by atoms with E-state index < -0.39 is 19.9 Å². The minimum atomic E-state index is -1.15. The number of ether oxygens (including phenoxy) is 2. The third-order valence-electron chi connectivity index (χ3n) is 2.58. The lowest BCUT2D eigenvalue weighted by atomic mass is 10.4. The summed E-state index contributed by atoms with van der Waals surface area (Å²) >= 11 is 3.05. The summed E-state index contributed by atoms with van der Waals surface area (Å²) < 4.78 is 25.4. The molecular weight excluding hydrogens is 333 g/mol. The Morgan fingerprint density at radius 1 is 1.47 bits per heavy atom. The van der Waals surface area contributed by atoms with Gasteiger partial charge >= 0.3 is 5.97 Å². The summed E-state index contributed by atoms with van der Waals surface area (Å²) in [4.78, 5) is 11.5. The van der Waals surface area contributed by atoms with Gasteiger partial charge in [0.05, 0.1) is 11.6 Å². The van der Waals surface area contributed by atoms with Gasteiger partial charge in [-0.25, -0.2) is 9.18 Å². The van der Waals surface area contributed by atoms with Crippen LogP contribution in [0.3, 0.4) is 0 Å². The second-order valence-electron chi connectivity index (χ2n) is 5.45. The van der Waals surface area contributed by atoms with Gasteiger partial charge in [0.15, 0.2) is 11.5 Å². The van der Waals surface area contributed by atoms with Gasteiger partial charge in [0.2, 0.25) is 0 Å². The van der Waals surface area contributed by atoms with Crippen molar-refractivity contribution < 1.29 is 18.7 Å². The standard InChI is InChI=1S/C12H19BrFNO3Si/c1-17-12(16)11-10(14)9(13)7-15(11)8-18-5-6-19(2,3)4/h7H,5-6,8H2,1-4H3. The highest BCUT2D eigenvalue weighted by Crippen LogP contribution is 2.22. The average Bonchev–Trinajstić information content (AvgIpc) is 2.59. The molecule has 0 aliphatic heterocycles. The maximum absolute atomic E-state index is 13.7. The quantitative estimate of drug-likeness (QED) is 0.447. The molecule has 0 atom stereocenters. The molecule has 19 heavy (non-hydrogen) atoms. The lowest BCUT2D eigenvalue weighted by molar-refractivity contribution is 0.0533. The molecule has 0 saturated heterocycles. The summed E-state index contributed by atoms with van der Waals surface area (Å²) in [7, 11) is 0.0687. The van der Waals surface area contributed by atoms with E-state index in [1.165, 1.54) is 17.9 Å². The van der Waals surface area contributed by atoms with Crippen molar-refractivity contribution in [1.82, 2.24) is 4.57 Å². The Hall–Kier alpha value is -0.663. The van der Waals surface area contributed by atoms with E-state index in [1.807, 2.05) is 0 Å². The molecule has 0 amide bonds. The van der Waals surface area contributed by atoms with Crippen molar-refractivity contribution >= 4 is 30.0 Å². The van der Waals surface area contributed by atoms with Crippen LogP contribution in [-0.4, -0.2) is 32.3 Å². The summed E-state index contributed by atoms with van der Waals surface area (Å²) in [5, 5.41) is 0. The molecule has 108 valence electrons. The molecule has 0 fully saturated rings. The zero-order valence-corrected chi connectivity index (χ0v) is 14.2. The topological polar surface area (TPSA) is 40.5 Å². The number of hydrogen-bond acceptors (Lipinski definition) is 3. The normalized spacial score (nSPS) is 11.7. The third kappa shape index (κ3) is 4.74. The fraction of sp³-hybridized carbons (Fsp3) is 0.583. The Balaban J connectivity index is 2.68. The lowest BCUT2D eigenvalue weighted by Gasteiger charge is -2.16. The van der Waals surface area contributed by atoms with Crippen LogP contribution in [0.1, 0.15) is 10.5 Å². The van der Waals surface area contributed by atoms with Crippen LogP contribution in [0, 0.1) is 5.82 Å². The van der Waals surface area contributed by atoms with Gasteiger partial charge in [-0.3, -0.25) is 0 Å². The van der Waals surface area contributed by atoms with Gasteiger partial charge in [-0.1, -0.05) is 19.6 Å². The van der Waals surface area contributed by atoms with Crippen molar-refractivity contribution in [2.75, 3.05) is 13.7 Å². The van der Waals surface area contributed by atoms with Crippen molar-refractivity contribution in [2.45, 2.75) is 32.4 Å². The molecule has 7 heteroatoms. The molecule has 0 radical (unpaired) electrons. The Morgan fingerprint density at radius 3 is 2.63 bits per heavy atom. The van der Waals surface area contributed by atoms with Crippen LogP contribution in [0.2, 0.25) is 25.7 Å². The third-order valence-corrected chi connectivity index (χ3v) is 4.84. The van der Waals surface area contributed by atoms with E-state index in [2.05, 4.69) is 40.3 Å². The lowest BCUT2D eigenvalue weighted by Crippen LogP contribution is -2.22. The molecule has 0 bridgehead atoms. The molecule has 1 rings (SSSR count). The molecule has 0 saturated carbocycles. The molecule has 0 aromatic carbocycles.